The van der Waals surface area contributed by atoms with Crippen LogP contribution in [0.15, 0.2) is 54.7 Å². The van der Waals surface area contributed by atoms with Gasteiger partial charge in [0.2, 0.25) is 0 Å². The zero-order valence-corrected chi connectivity index (χ0v) is 13.1. The SMILES string of the molecule is O=C(Cc1c[nH]c2ccccc12)OCC(=O)c1ccc([N+](=O)[O-])cc1. The van der Waals surface area contributed by atoms with Gasteiger partial charge in [-0.1, -0.05) is 18.2 Å². The fourth-order valence-corrected chi connectivity index (χ4v) is 2.48. The van der Waals surface area contributed by atoms with Crippen molar-refractivity contribution in [2.75, 3.05) is 6.61 Å². The summed E-state index contributed by atoms with van der Waals surface area (Å²) in [6.45, 7) is -0.404. The molecule has 1 N–H and O–H groups in total. The van der Waals surface area contributed by atoms with E-state index in [4.69, 9.17) is 4.74 Å². The minimum absolute atomic E-state index is 0.0531. The van der Waals surface area contributed by atoms with Crippen LogP contribution in [0.5, 0.6) is 0 Å². The molecule has 0 aliphatic heterocycles. The number of nitrogens with zero attached hydrogens (tertiary/aromatic N) is 1. The van der Waals surface area contributed by atoms with E-state index in [1.54, 1.807) is 6.20 Å². The molecule has 0 bridgehead atoms. The third-order valence-electron chi connectivity index (χ3n) is 3.77. The van der Waals surface area contributed by atoms with Crippen molar-refractivity contribution in [3.63, 3.8) is 0 Å². The van der Waals surface area contributed by atoms with Crippen LogP contribution in [-0.4, -0.2) is 28.3 Å². The maximum absolute atomic E-state index is 12.0. The molecule has 126 valence electrons. The number of ether oxygens (including phenoxy) is 1. The molecule has 0 radical (unpaired) electrons. The van der Waals surface area contributed by atoms with Gasteiger partial charge in [0, 0.05) is 34.8 Å². The molecule has 0 atom stereocenters. The molecule has 0 unspecified atom stereocenters. The van der Waals surface area contributed by atoms with Crippen LogP contribution < -0.4 is 0 Å². The Kier molecular flexibility index (Phi) is 4.56. The number of aromatic nitrogens is 1. The van der Waals surface area contributed by atoms with Crippen LogP contribution >= 0.6 is 0 Å². The summed E-state index contributed by atoms with van der Waals surface area (Å²) in [6.07, 6.45) is 1.79. The van der Waals surface area contributed by atoms with Gasteiger partial charge in [0.15, 0.2) is 12.4 Å². The van der Waals surface area contributed by atoms with Crippen LogP contribution in [0.25, 0.3) is 10.9 Å². The Morgan fingerprint density at radius 3 is 2.52 bits per heavy atom. The number of H-pyrrole nitrogens is 1. The summed E-state index contributed by atoms with van der Waals surface area (Å²) in [7, 11) is 0. The monoisotopic (exact) mass is 338 g/mol. The molecule has 0 fully saturated rings. The summed E-state index contributed by atoms with van der Waals surface area (Å²) in [4.78, 5) is 37.1. The average Bonchev–Trinajstić information content (AvgIpc) is 3.03. The molecule has 7 heteroatoms. The second-order valence-electron chi connectivity index (χ2n) is 5.42. The minimum atomic E-state index is -0.546. The van der Waals surface area contributed by atoms with Crippen LogP contribution in [0.4, 0.5) is 5.69 Å². The lowest BCUT2D eigenvalue weighted by Gasteiger charge is -2.04. The summed E-state index contributed by atoms with van der Waals surface area (Å²) in [5.41, 5.74) is 1.87. The van der Waals surface area contributed by atoms with Crippen LogP contribution in [0.1, 0.15) is 15.9 Å². The lowest BCUT2D eigenvalue weighted by Crippen LogP contribution is -2.15. The lowest BCUT2D eigenvalue weighted by molar-refractivity contribution is -0.384. The minimum Gasteiger partial charge on any atom is -0.457 e. The molecule has 0 aliphatic rings. The van der Waals surface area contributed by atoms with Crippen LogP contribution in [0.2, 0.25) is 0 Å². The van der Waals surface area contributed by atoms with Crippen molar-refractivity contribution in [2.45, 2.75) is 6.42 Å². The molecule has 3 rings (SSSR count). The molecule has 1 heterocycles. The maximum Gasteiger partial charge on any atom is 0.310 e. The number of Topliss-reactive ketones (excluding diaryl/α,β-unsaturated/α-hetero) is 1. The molecule has 0 saturated carbocycles. The first kappa shape index (κ1) is 16.4. The van der Waals surface area contributed by atoms with Gasteiger partial charge in [-0.05, 0) is 23.8 Å². The molecule has 1 aromatic heterocycles. The number of nitro benzene ring substituents is 1. The van der Waals surface area contributed by atoms with E-state index >= 15 is 0 Å². The van der Waals surface area contributed by atoms with Gasteiger partial charge in [0.25, 0.3) is 5.69 Å². The van der Waals surface area contributed by atoms with Crippen molar-refractivity contribution in [1.29, 1.82) is 0 Å². The van der Waals surface area contributed by atoms with Crippen molar-refractivity contribution in [1.82, 2.24) is 4.98 Å². The number of esters is 1. The zero-order valence-electron chi connectivity index (χ0n) is 13.1. The Morgan fingerprint density at radius 2 is 1.80 bits per heavy atom. The van der Waals surface area contributed by atoms with Crippen molar-refractivity contribution in [3.05, 3.63) is 76.0 Å². The van der Waals surface area contributed by atoms with Crippen molar-refractivity contribution < 1.29 is 19.2 Å². The fourth-order valence-electron chi connectivity index (χ4n) is 2.48. The van der Waals surface area contributed by atoms with Crippen molar-refractivity contribution in [2.24, 2.45) is 0 Å². The van der Waals surface area contributed by atoms with E-state index in [1.807, 2.05) is 24.3 Å². The largest absolute Gasteiger partial charge is 0.457 e. The van der Waals surface area contributed by atoms with E-state index < -0.39 is 23.3 Å². The number of para-hydroxylation sites is 1. The normalized spacial score (nSPS) is 10.6. The van der Waals surface area contributed by atoms with Gasteiger partial charge in [-0.15, -0.1) is 0 Å². The Bertz CT molecular complexity index is 944. The van der Waals surface area contributed by atoms with Gasteiger partial charge in [-0.2, -0.15) is 0 Å². The zero-order chi connectivity index (χ0) is 17.8. The number of rotatable bonds is 6. The smallest absolute Gasteiger partial charge is 0.310 e. The van der Waals surface area contributed by atoms with E-state index in [1.165, 1.54) is 24.3 Å². The van der Waals surface area contributed by atoms with Gasteiger partial charge in [0.1, 0.15) is 0 Å². The molecule has 0 amide bonds. The molecule has 0 aliphatic carbocycles. The molecular weight excluding hydrogens is 324 g/mol. The van der Waals surface area contributed by atoms with Gasteiger partial charge in [-0.3, -0.25) is 19.7 Å². The quantitative estimate of drug-likeness (QED) is 0.322. The third kappa shape index (κ3) is 3.72. The summed E-state index contributed by atoms with van der Waals surface area (Å²) in [5, 5.41) is 11.5. The molecule has 2 aromatic carbocycles. The van der Waals surface area contributed by atoms with Gasteiger partial charge >= 0.3 is 5.97 Å². The number of aromatic amines is 1. The van der Waals surface area contributed by atoms with Crippen LogP contribution in [0.3, 0.4) is 0 Å². The number of ketones is 1. The average molecular weight is 338 g/mol. The molecule has 7 nitrogen and oxygen atoms in total. The number of carbonyl (C=O) groups is 2. The highest BCUT2D eigenvalue weighted by Gasteiger charge is 2.14. The number of nitrogens with one attached hydrogen (secondary N) is 1. The van der Waals surface area contributed by atoms with E-state index in [9.17, 15) is 19.7 Å². The fraction of sp³-hybridized carbons (Fsp3) is 0.111. The highest BCUT2D eigenvalue weighted by Crippen LogP contribution is 2.18. The Labute approximate surface area is 142 Å². The Hall–Kier alpha value is -3.48. The van der Waals surface area contributed by atoms with Crippen molar-refractivity contribution >= 4 is 28.3 Å². The number of nitro groups is 1. The lowest BCUT2D eigenvalue weighted by atomic mass is 10.1. The van der Waals surface area contributed by atoms with Crippen LogP contribution in [-0.2, 0) is 16.0 Å². The molecule has 0 spiro atoms. The number of hydrogen-bond acceptors (Lipinski definition) is 5. The van der Waals surface area contributed by atoms with Gasteiger partial charge in [-0.25, -0.2) is 0 Å². The Balaban J connectivity index is 1.58. The number of hydrogen-bond donors (Lipinski definition) is 1. The number of fused-ring (bicyclic) bond motifs is 1. The summed E-state index contributed by atoms with van der Waals surface area (Å²) in [6, 6.07) is 12.7. The van der Waals surface area contributed by atoms with E-state index in [2.05, 4.69) is 4.98 Å². The molecule has 0 saturated heterocycles. The number of benzene rings is 2. The maximum atomic E-state index is 12.0. The predicted molar refractivity (Wildman–Crippen MR) is 90.4 cm³/mol. The Morgan fingerprint density at radius 1 is 1.08 bits per heavy atom. The first-order chi connectivity index (χ1) is 12.0. The first-order valence-electron chi connectivity index (χ1n) is 7.53. The van der Waals surface area contributed by atoms with Crippen molar-refractivity contribution in [3.8, 4) is 0 Å². The summed E-state index contributed by atoms with van der Waals surface area (Å²) in [5.74, 6) is -0.929. The topological polar surface area (TPSA) is 102 Å². The predicted octanol–water partition coefficient (Wildman–Crippen LogP) is 3.04. The second kappa shape index (κ2) is 6.96. The van der Waals surface area contributed by atoms with Gasteiger partial charge < -0.3 is 9.72 Å². The molecule has 25 heavy (non-hydrogen) atoms. The summed E-state index contributed by atoms with van der Waals surface area (Å²) < 4.78 is 5.02. The number of carbonyl (C=O) groups excluding carboxylic acids is 2. The summed E-state index contributed by atoms with van der Waals surface area (Å²) >= 11 is 0. The van der Waals surface area contributed by atoms with E-state index in [0.717, 1.165) is 16.5 Å². The van der Waals surface area contributed by atoms with Gasteiger partial charge in [0.05, 0.1) is 11.3 Å². The van der Waals surface area contributed by atoms with E-state index in [0.29, 0.717) is 0 Å². The third-order valence-corrected chi connectivity index (χ3v) is 3.77. The standard InChI is InChI=1S/C18H14N2O5/c21-17(12-5-7-14(8-6-12)20(23)24)11-25-18(22)9-13-10-19-16-4-2-1-3-15(13)16/h1-8,10,19H,9,11H2. The first-order valence-corrected chi connectivity index (χ1v) is 7.53. The number of non-ortho nitro benzene ring substituents is 1. The highest BCUT2D eigenvalue weighted by atomic mass is 16.6. The molecule has 3 aromatic rings. The highest BCUT2D eigenvalue weighted by molar-refractivity contribution is 5.98. The van der Waals surface area contributed by atoms with E-state index in [-0.39, 0.29) is 17.7 Å². The van der Waals surface area contributed by atoms with Crippen LogP contribution in [0, 0.1) is 10.1 Å². The second-order valence-corrected chi connectivity index (χ2v) is 5.42. The molecular formula is C18H14N2O5.